The van der Waals surface area contributed by atoms with Crippen LogP contribution in [-0.4, -0.2) is 17.2 Å². The molecule has 1 atom stereocenters. The van der Waals surface area contributed by atoms with Gasteiger partial charge in [0.05, 0.1) is 6.61 Å². The van der Waals surface area contributed by atoms with Crippen molar-refractivity contribution in [2.24, 2.45) is 0 Å². The normalized spacial score (nSPS) is 12.8. The summed E-state index contributed by atoms with van der Waals surface area (Å²) in [5.74, 6) is -0.937. The van der Waals surface area contributed by atoms with E-state index in [0.29, 0.717) is 6.61 Å². The largest absolute Gasteiger partial charge is 0.479 e. The van der Waals surface area contributed by atoms with E-state index in [2.05, 4.69) is 15.9 Å². The number of ether oxygens (including phenoxy) is 1. The van der Waals surface area contributed by atoms with Crippen LogP contribution in [0.5, 0.6) is 0 Å². The smallest absolute Gasteiger partial charge is 0.332 e. The highest BCUT2D eigenvalue weighted by Crippen LogP contribution is 2.23. The molecule has 0 saturated heterocycles. The highest BCUT2D eigenvalue weighted by atomic mass is 79.9. The Morgan fingerprint density at radius 1 is 1.85 bits per heavy atom. The number of hydrogen-bond donors (Lipinski definition) is 1. The lowest BCUT2D eigenvalue weighted by Gasteiger charge is -2.06. The van der Waals surface area contributed by atoms with Crippen molar-refractivity contribution in [1.82, 2.24) is 0 Å². The van der Waals surface area contributed by atoms with E-state index in [1.54, 1.807) is 0 Å². The van der Waals surface area contributed by atoms with Crippen molar-refractivity contribution in [3.05, 3.63) is 20.8 Å². The molecule has 13 heavy (non-hydrogen) atoms. The fourth-order valence-electron chi connectivity index (χ4n) is 0.700. The van der Waals surface area contributed by atoms with Gasteiger partial charge in [-0.15, -0.1) is 11.3 Å². The minimum atomic E-state index is -0.937. The summed E-state index contributed by atoms with van der Waals surface area (Å²) in [6.45, 7) is 1.86. The molecule has 5 heteroatoms. The summed E-state index contributed by atoms with van der Waals surface area (Å²) in [6.07, 6.45) is -0.756. The molecule has 0 amide bonds. The molecule has 0 spiro atoms. The molecule has 0 bridgehead atoms. The summed E-state index contributed by atoms with van der Waals surface area (Å²) >= 11 is 4.87. The third-order valence-electron chi connectivity index (χ3n) is 1.50. The average molecular weight is 265 g/mol. The van der Waals surface area contributed by atoms with Crippen molar-refractivity contribution in [2.45, 2.75) is 19.6 Å². The number of halogens is 1. The van der Waals surface area contributed by atoms with Gasteiger partial charge >= 0.3 is 5.97 Å². The molecule has 72 valence electrons. The van der Waals surface area contributed by atoms with Gasteiger partial charge in [0.2, 0.25) is 0 Å². The third-order valence-corrected chi connectivity index (χ3v) is 3.40. The molecule has 1 N–H and O–H groups in total. The Morgan fingerprint density at radius 2 is 2.54 bits per heavy atom. The van der Waals surface area contributed by atoms with Gasteiger partial charge in [-0.2, -0.15) is 0 Å². The maximum atomic E-state index is 10.4. The van der Waals surface area contributed by atoms with Crippen molar-refractivity contribution in [3.8, 4) is 0 Å². The van der Waals surface area contributed by atoms with E-state index in [0.717, 1.165) is 9.35 Å². The molecule has 0 aromatic carbocycles. The highest BCUT2D eigenvalue weighted by Gasteiger charge is 2.12. The van der Waals surface area contributed by atoms with Gasteiger partial charge < -0.3 is 9.84 Å². The van der Waals surface area contributed by atoms with Crippen LogP contribution >= 0.6 is 27.3 Å². The van der Waals surface area contributed by atoms with Gasteiger partial charge in [0, 0.05) is 9.35 Å². The van der Waals surface area contributed by atoms with Crippen LogP contribution in [0.1, 0.15) is 11.8 Å². The van der Waals surface area contributed by atoms with Crippen LogP contribution in [0.2, 0.25) is 0 Å². The Morgan fingerprint density at radius 3 is 3.00 bits per heavy atom. The zero-order valence-electron chi connectivity index (χ0n) is 6.99. The third kappa shape index (κ3) is 3.10. The Bertz CT molecular complexity index is 297. The number of rotatable bonds is 4. The van der Waals surface area contributed by atoms with E-state index in [1.165, 1.54) is 18.3 Å². The molecule has 3 nitrogen and oxygen atoms in total. The molecule has 1 unspecified atom stereocenters. The maximum absolute atomic E-state index is 10.4. The minimum absolute atomic E-state index is 0.339. The molecule has 1 aromatic heterocycles. The Hall–Kier alpha value is -0.390. The van der Waals surface area contributed by atoms with E-state index < -0.39 is 12.1 Å². The SMILES string of the molecule is CC(OCc1sccc1Br)C(=O)O. The van der Waals surface area contributed by atoms with Crippen molar-refractivity contribution in [2.75, 3.05) is 0 Å². The van der Waals surface area contributed by atoms with Crippen molar-refractivity contribution in [3.63, 3.8) is 0 Å². The van der Waals surface area contributed by atoms with Crippen LogP contribution in [-0.2, 0) is 16.1 Å². The number of carboxylic acid groups (broad SMARTS) is 1. The average Bonchev–Trinajstić information content (AvgIpc) is 2.47. The predicted molar refractivity (Wildman–Crippen MR) is 53.9 cm³/mol. The van der Waals surface area contributed by atoms with Gasteiger partial charge in [-0.1, -0.05) is 0 Å². The molecular formula is C8H9BrO3S. The van der Waals surface area contributed by atoms with Gasteiger partial charge in [-0.3, -0.25) is 0 Å². The highest BCUT2D eigenvalue weighted by molar-refractivity contribution is 9.10. The zero-order chi connectivity index (χ0) is 9.84. The molecule has 1 rings (SSSR count). The lowest BCUT2D eigenvalue weighted by molar-refractivity contribution is -0.149. The first-order chi connectivity index (χ1) is 6.11. The van der Waals surface area contributed by atoms with Gasteiger partial charge in [0.15, 0.2) is 6.10 Å². The van der Waals surface area contributed by atoms with Crippen LogP contribution in [0, 0.1) is 0 Å². The summed E-state index contributed by atoms with van der Waals surface area (Å²) in [4.78, 5) is 11.4. The number of thiophene rings is 1. The standard InChI is InChI=1S/C8H9BrO3S/c1-5(8(10)11)12-4-7-6(9)2-3-13-7/h2-3,5H,4H2,1H3,(H,10,11). The summed E-state index contributed by atoms with van der Waals surface area (Å²) in [6, 6.07) is 1.91. The van der Waals surface area contributed by atoms with Gasteiger partial charge in [0.25, 0.3) is 0 Å². The number of hydrogen-bond acceptors (Lipinski definition) is 3. The molecule has 1 heterocycles. The first-order valence-corrected chi connectivity index (χ1v) is 5.35. The van der Waals surface area contributed by atoms with E-state index in [4.69, 9.17) is 9.84 Å². The quantitative estimate of drug-likeness (QED) is 0.909. The van der Waals surface area contributed by atoms with Crippen LogP contribution < -0.4 is 0 Å². The summed E-state index contributed by atoms with van der Waals surface area (Å²) in [7, 11) is 0. The molecular weight excluding hydrogens is 256 g/mol. The van der Waals surface area contributed by atoms with Crippen molar-refractivity contribution >= 4 is 33.2 Å². The molecule has 0 aliphatic heterocycles. The second-order valence-electron chi connectivity index (χ2n) is 2.48. The predicted octanol–water partition coefficient (Wildman–Crippen LogP) is 2.50. The van der Waals surface area contributed by atoms with Gasteiger partial charge in [-0.25, -0.2) is 4.79 Å². The fraction of sp³-hybridized carbons (Fsp3) is 0.375. The fourth-order valence-corrected chi connectivity index (χ4v) is 2.09. The van der Waals surface area contributed by atoms with Gasteiger partial charge in [-0.05, 0) is 34.3 Å². The topological polar surface area (TPSA) is 46.5 Å². The molecule has 0 aliphatic carbocycles. The summed E-state index contributed by atoms with van der Waals surface area (Å²) in [5, 5.41) is 10.5. The summed E-state index contributed by atoms with van der Waals surface area (Å²) in [5.41, 5.74) is 0. The van der Waals surface area contributed by atoms with E-state index in [9.17, 15) is 4.79 Å². The number of carboxylic acids is 1. The molecule has 1 aromatic rings. The lowest BCUT2D eigenvalue weighted by atomic mass is 10.4. The Labute approximate surface area is 88.5 Å². The van der Waals surface area contributed by atoms with Crippen molar-refractivity contribution < 1.29 is 14.6 Å². The monoisotopic (exact) mass is 264 g/mol. The zero-order valence-corrected chi connectivity index (χ0v) is 9.39. The molecule has 0 radical (unpaired) electrons. The van der Waals surface area contributed by atoms with Crippen LogP contribution in [0.3, 0.4) is 0 Å². The van der Waals surface area contributed by atoms with Crippen LogP contribution in [0.25, 0.3) is 0 Å². The molecule has 0 aliphatic rings. The lowest BCUT2D eigenvalue weighted by Crippen LogP contribution is -2.19. The van der Waals surface area contributed by atoms with E-state index in [1.807, 2.05) is 11.4 Å². The second kappa shape index (κ2) is 4.74. The second-order valence-corrected chi connectivity index (χ2v) is 4.34. The van der Waals surface area contributed by atoms with Crippen LogP contribution in [0.4, 0.5) is 0 Å². The van der Waals surface area contributed by atoms with Crippen molar-refractivity contribution in [1.29, 1.82) is 0 Å². The number of aliphatic carboxylic acids is 1. The van der Waals surface area contributed by atoms with E-state index >= 15 is 0 Å². The molecule has 0 fully saturated rings. The van der Waals surface area contributed by atoms with Gasteiger partial charge in [0.1, 0.15) is 0 Å². The van der Waals surface area contributed by atoms with Crippen LogP contribution in [0.15, 0.2) is 15.9 Å². The first-order valence-electron chi connectivity index (χ1n) is 3.67. The minimum Gasteiger partial charge on any atom is -0.479 e. The first kappa shape index (κ1) is 10.7. The Balaban J connectivity index is 2.44. The molecule has 0 saturated carbocycles. The van der Waals surface area contributed by atoms with E-state index in [-0.39, 0.29) is 0 Å². The Kier molecular flexibility index (Phi) is 3.90. The maximum Gasteiger partial charge on any atom is 0.332 e. The number of carbonyl (C=O) groups is 1. The summed E-state index contributed by atoms with van der Waals surface area (Å²) < 4.78 is 6.08.